The standard InChI is InChI=1S/C21H26N10O/c1-12(2)9-15-19-29-28-18-11-13(10-17(31(18)19)27-21(32)30(15)4)14-6-8-24-20(25-14)26-16(23-3)5-7-22/h5-8,10-12,15,22-23H,9H2,1-4H3,(H,27,32)(H,24,25,26)/b16-5+,22-7?/t15-/m1/s1. The van der Waals surface area contributed by atoms with E-state index in [1.165, 1.54) is 6.21 Å². The topological polar surface area (TPSA) is 136 Å². The lowest BCUT2D eigenvalue weighted by Crippen LogP contribution is -2.34. The molecule has 0 radical (unpaired) electrons. The van der Waals surface area contributed by atoms with Crippen molar-refractivity contribution < 1.29 is 4.79 Å². The molecule has 0 aliphatic carbocycles. The molecule has 11 nitrogen and oxygen atoms in total. The van der Waals surface area contributed by atoms with Crippen molar-refractivity contribution in [2.24, 2.45) is 5.92 Å². The summed E-state index contributed by atoms with van der Waals surface area (Å²) in [6.45, 7) is 4.24. The van der Waals surface area contributed by atoms with Gasteiger partial charge in [0.1, 0.15) is 11.6 Å². The number of rotatable bonds is 7. The average Bonchev–Trinajstić information content (AvgIpc) is 3.17. The van der Waals surface area contributed by atoms with Gasteiger partial charge in [-0.2, -0.15) is 0 Å². The molecule has 4 rings (SSSR count). The summed E-state index contributed by atoms with van der Waals surface area (Å²) < 4.78 is 1.89. The molecule has 0 saturated heterocycles. The van der Waals surface area contributed by atoms with Gasteiger partial charge in [0.15, 0.2) is 11.5 Å². The molecule has 0 saturated carbocycles. The normalized spacial score (nSPS) is 16.2. The summed E-state index contributed by atoms with van der Waals surface area (Å²) in [6, 6.07) is 5.17. The summed E-state index contributed by atoms with van der Waals surface area (Å²) in [5.74, 6) is 2.68. The van der Waals surface area contributed by atoms with E-state index >= 15 is 0 Å². The Morgan fingerprint density at radius 3 is 2.88 bits per heavy atom. The van der Waals surface area contributed by atoms with E-state index in [0.717, 1.165) is 17.8 Å². The molecule has 4 N–H and O–H groups in total. The molecule has 2 amide bonds. The van der Waals surface area contributed by atoms with Gasteiger partial charge in [0, 0.05) is 32.1 Å². The Balaban J connectivity index is 1.77. The zero-order valence-electron chi connectivity index (χ0n) is 18.4. The smallest absolute Gasteiger partial charge is 0.323 e. The lowest BCUT2D eigenvalue weighted by atomic mass is 10.0. The molecule has 0 fully saturated rings. The van der Waals surface area contributed by atoms with Crippen LogP contribution in [0, 0.1) is 11.3 Å². The van der Waals surface area contributed by atoms with Crippen molar-refractivity contribution in [3.05, 3.63) is 42.1 Å². The number of anilines is 2. The van der Waals surface area contributed by atoms with E-state index in [1.54, 1.807) is 37.3 Å². The zero-order valence-corrected chi connectivity index (χ0v) is 18.4. The van der Waals surface area contributed by atoms with Crippen LogP contribution in [0.4, 0.5) is 16.6 Å². The first-order valence-corrected chi connectivity index (χ1v) is 10.3. The maximum atomic E-state index is 12.8. The van der Waals surface area contributed by atoms with Gasteiger partial charge in [0.25, 0.3) is 0 Å². The van der Waals surface area contributed by atoms with Crippen molar-refractivity contribution in [1.82, 2.24) is 34.8 Å². The molecule has 1 atom stereocenters. The molecule has 0 unspecified atom stereocenters. The largest absolute Gasteiger partial charge is 0.375 e. The second kappa shape index (κ2) is 8.61. The number of carbonyl (C=O) groups excluding carboxylic acids is 1. The molecule has 11 heteroatoms. The fourth-order valence-corrected chi connectivity index (χ4v) is 3.69. The third-order valence-electron chi connectivity index (χ3n) is 5.26. The number of carbonyl (C=O) groups is 1. The van der Waals surface area contributed by atoms with Crippen molar-refractivity contribution in [1.29, 1.82) is 5.41 Å². The van der Waals surface area contributed by atoms with E-state index in [0.29, 0.717) is 34.8 Å². The van der Waals surface area contributed by atoms with E-state index in [1.807, 2.05) is 16.5 Å². The summed E-state index contributed by atoms with van der Waals surface area (Å²) in [5, 5.41) is 25.0. The summed E-state index contributed by atoms with van der Waals surface area (Å²) in [5.41, 5.74) is 2.05. The number of amides is 2. The summed E-state index contributed by atoms with van der Waals surface area (Å²) in [4.78, 5) is 23.3. The van der Waals surface area contributed by atoms with Crippen LogP contribution in [0.3, 0.4) is 0 Å². The van der Waals surface area contributed by atoms with Gasteiger partial charge in [0.05, 0.1) is 11.7 Å². The minimum Gasteiger partial charge on any atom is -0.375 e. The third kappa shape index (κ3) is 3.96. The second-order valence-electron chi connectivity index (χ2n) is 7.95. The van der Waals surface area contributed by atoms with Crippen LogP contribution in [-0.4, -0.2) is 55.8 Å². The van der Waals surface area contributed by atoms with E-state index in [-0.39, 0.29) is 12.1 Å². The Labute approximate surface area is 185 Å². The molecule has 1 aliphatic rings. The molecular weight excluding hydrogens is 408 g/mol. The molecule has 4 heterocycles. The van der Waals surface area contributed by atoms with Crippen molar-refractivity contribution in [2.45, 2.75) is 26.3 Å². The number of hydrogen-bond acceptors (Lipinski definition) is 8. The molecule has 0 bridgehead atoms. The monoisotopic (exact) mass is 434 g/mol. The molecule has 1 aliphatic heterocycles. The lowest BCUT2D eigenvalue weighted by molar-refractivity contribution is 0.193. The summed E-state index contributed by atoms with van der Waals surface area (Å²) in [6.07, 6.45) is 5.15. The maximum absolute atomic E-state index is 12.8. The molecule has 0 aromatic carbocycles. The number of hydrogen-bond donors (Lipinski definition) is 4. The Hall–Kier alpha value is -4.02. The Bertz CT molecular complexity index is 1200. The van der Waals surface area contributed by atoms with Crippen molar-refractivity contribution in [3.8, 4) is 11.3 Å². The van der Waals surface area contributed by atoms with E-state index in [2.05, 4.69) is 50.0 Å². The Morgan fingerprint density at radius 1 is 1.34 bits per heavy atom. The molecule has 166 valence electrons. The summed E-state index contributed by atoms with van der Waals surface area (Å²) >= 11 is 0. The number of nitrogens with zero attached hydrogens (tertiary/aromatic N) is 6. The van der Waals surface area contributed by atoms with Crippen LogP contribution in [0.15, 0.2) is 36.3 Å². The molecule has 3 aromatic heterocycles. The number of nitrogens with one attached hydrogen (secondary N) is 4. The highest BCUT2D eigenvalue weighted by Gasteiger charge is 2.31. The zero-order chi connectivity index (χ0) is 22.8. The number of pyridine rings is 1. The fourth-order valence-electron chi connectivity index (χ4n) is 3.69. The minimum atomic E-state index is -0.194. The molecule has 0 spiro atoms. The van der Waals surface area contributed by atoms with Crippen LogP contribution in [0.1, 0.15) is 32.1 Å². The highest BCUT2D eigenvalue weighted by molar-refractivity contribution is 5.91. The molecular formula is C21H26N10O. The quantitative estimate of drug-likeness (QED) is 0.420. The van der Waals surface area contributed by atoms with Gasteiger partial charge in [-0.25, -0.2) is 14.8 Å². The Morgan fingerprint density at radius 2 is 2.16 bits per heavy atom. The van der Waals surface area contributed by atoms with Crippen molar-refractivity contribution >= 4 is 29.7 Å². The van der Waals surface area contributed by atoms with Crippen LogP contribution in [0.25, 0.3) is 16.9 Å². The van der Waals surface area contributed by atoms with Crippen LogP contribution in [0.5, 0.6) is 0 Å². The number of allylic oxidation sites excluding steroid dienone is 1. The predicted molar refractivity (Wildman–Crippen MR) is 123 cm³/mol. The highest BCUT2D eigenvalue weighted by atomic mass is 16.2. The first-order chi connectivity index (χ1) is 15.4. The van der Waals surface area contributed by atoms with Gasteiger partial charge in [-0.05, 0) is 36.6 Å². The van der Waals surface area contributed by atoms with Gasteiger partial charge in [-0.15, -0.1) is 10.2 Å². The average molecular weight is 435 g/mol. The van der Waals surface area contributed by atoms with Crippen LogP contribution < -0.4 is 16.0 Å². The molecule has 32 heavy (non-hydrogen) atoms. The van der Waals surface area contributed by atoms with Gasteiger partial charge in [-0.1, -0.05) is 13.8 Å². The minimum absolute atomic E-state index is 0.174. The second-order valence-corrected chi connectivity index (χ2v) is 7.95. The third-order valence-corrected chi connectivity index (χ3v) is 5.26. The van der Waals surface area contributed by atoms with Crippen molar-refractivity contribution in [3.63, 3.8) is 0 Å². The summed E-state index contributed by atoms with van der Waals surface area (Å²) in [7, 11) is 3.52. The Kier molecular flexibility index (Phi) is 5.71. The van der Waals surface area contributed by atoms with Crippen LogP contribution in [0.2, 0.25) is 0 Å². The van der Waals surface area contributed by atoms with Crippen LogP contribution in [-0.2, 0) is 0 Å². The molecule has 3 aromatic rings. The number of urea groups is 1. The van der Waals surface area contributed by atoms with Crippen molar-refractivity contribution in [2.75, 3.05) is 24.7 Å². The van der Waals surface area contributed by atoms with E-state index in [4.69, 9.17) is 5.41 Å². The number of aromatic nitrogens is 5. The van der Waals surface area contributed by atoms with Crippen LogP contribution >= 0.6 is 0 Å². The first kappa shape index (κ1) is 21.2. The van der Waals surface area contributed by atoms with Gasteiger partial charge in [-0.3, -0.25) is 9.72 Å². The highest BCUT2D eigenvalue weighted by Crippen LogP contribution is 2.33. The predicted octanol–water partition coefficient (Wildman–Crippen LogP) is 2.87. The van der Waals surface area contributed by atoms with Gasteiger partial charge >= 0.3 is 6.03 Å². The van der Waals surface area contributed by atoms with Gasteiger partial charge < -0.3 is 20.9 Å². The lowest BCUT2D eigenvalue weighted by Gasteiger charge is -2.25. The maximum Gasteiger partial charge on any atom is 0.323 e. The van der Waals surface area contributed by atoms with E-state index < -0.39 is 0 Å². The SMILES string of the molecule is CN/C(=C\C=N)Nc1nccc(-c2cc3n4c(nnc4c2)[C@@H](CC(C)C)N(C)C(=O)N3)n1. The van der Waals surface area contributed by atoms with E-state index in [9.17, 15) is 4.79 Å². The van der Waals surface area contributed by atoms with Gasteiger partial charge in [0.2, 0.25) is 5.95 Å². The fraction of sp³-hybridized carbons (Fsp3) is 0.333. The first-order valence-electron chi connectivity index (χ1n) is 10.3.